The molecule has 0 saturated carbocycles. The molecule has 1 aromatic carbocycles. The first kappa shape index (κ1) is 22.0. The van der Waals surface area contributed by atoms with Crippen LogP contribution in [0.1, 0.15) is 23.7 Å². The molecule has 3 atom stereocenters. The number of aliphatic carboxylic acids is 1. The Hall–Kier alpha value is -2.66. The maximum absolute atomic E-state index is 12.8. The highest BCUT2D eigenvalue weighted by Gasteiger charge is 2.69. The summed E-state index contributed by atoms with van der Waals surface area (Å²) in [5.41, 5.74) is 0.0830. The number of carboxylic acids is 1. The molecule has 0 unspecified atom stereocenters. The first-order chi connectivity index (χ1) is 14.0. The summed E-state index contributed by atoms with van der Waals surface area (Å²) in [7, 11) is -1.27. The maximum Gasteiger partial charge on any atom is 0.328 e. The largest absolute Gasteiger partial charge is 0.493 e. The number of benzene rings is 1. The predicted octanol–water partition coefficient (Wildman–Crippen LogP) is 0.809. The number of carbonyl (C=O) groups excluding carboxylic acids is 2. The number of aliphatic imine (C=N–C) groups is 1. The monoisotopic (exact) mass is 458 g/mol. The molecule has 2 fully saturated rings. The van der Waals surface area contributed by atoms with Gasteiger partial charge in [0, 0.05) is 11.8 Å². The predicted molar refractivity (Wildman–Crippen MR) is 106 cm³/mol. The molecule has 2 saturated heterocycles. The molecular weight excluding hydrogens is 440 g/mol. The molecule has 2 aliphatic heterocycles. The number of carbonyl (C=O) groups is 3. The highest BCUT2D eigenvalue weighted by molar-refractivity contribution is 7.94. The highest BCUT2D eigenvalue weighted by atomic mass is 35.5. The Kier molecular flexibility index (Phi) is 5.54. The number of hydrogen-bond donors (Lipinski definition) is 1. The first-order valence-corrected chi connectivity index (χ1v) is 10.7. The quantitative estimate of drug-likeness (QED) is 0.359. The Balaban J connectivity index is 1.88. The van der Waals surface area contributed by atoms with E-state index in [1.54, 1.807) is 0 Å². The second kappa shape index (κ2) is 7.55. The standard InChI is InChI=1S/C18H19ClN2O8S/c1-18(16(17(24)25)21-12(23)6-13(21)30(18,26)27)8-20-7-10(22)9-4-5-11(28-2)15(29-3)14(9)19/h4-5,8,13,16H,6-7H2,1-3H3,(H,24,25)/t13-,16+,18+/m1/s1. The minimum atomic E-state index is -4.04. The molecule has 162 valence electrons. The van der Waals surface area contributed by atoms with E-state index in [1.165, 1.54) is 33.3 Å². The van der Waals surface area contributed by atoms with Crippen LogP contribution in [-0.2, 0) is 19.4 Å². The molecule has 30 heavy (non-hydrogen) atoms. The minimum Gasteiger partial charge on any atom is -0.493 e. The maximum atomic E-state index is 12.8. The number of amides is 1. The van der Waals surface area contributed by atoms with Crippen LogP contribution in [0.5, 0.6) is 11.5 Å². The lowest BCUT2D eigenvalue weighted by Crippen LogP contribution is -2.57. The molecule has 12 heteroatoms. The number of ketones is 1. The lowest BCUT2D eigenvalue weighted by Gasteiger charge is -2.35. The fourth-order valence-corrected chi connectivity index (χ4v) is 6.28. The van der Waals surface area contributed by atoms with Gasteiger partial charge >= 0.3 is 5.97 Å². The lowest BCUT2D eigenvalue weighted by atomic mass is 9.97. The second-order valence-corrected chi connectivity index (χ2v) is 9.88. The molecule has 0 radical (unpaired) electrons. The molecule has 0 aromatic heterocycles. The third-order valence-electron chi connectivity index (χ3n) is 5.34. The van der Waals surface area contributed by atoms with Crippen LogP contribution in [0, 0.1) is 0 Å². The van der Waals surface area contributed by atoms with Gasteiger partial charge < -0.3 is 19.5 Å². The number of ether oxygens (including phenoxy) is 2. The van der Waals surface area contributed by atoms with E-state index in [0.717, 1.165) is 11.1 Å². The third-order valence-corrected chi connectivity index (χ3v) is 8.38. The van der Waals surface area contributed by atoms with Crippen LogP contribution in [0.4, 0.5) is 0 Å². The number of carboxylic acid groups (broad SMARTS) is 1. The molecule has 10 nitrogen and oxygen atoms in total. The Morgan fingerprint density at radius 3 is 2.57 bits per heavy atom. The van der Waals surface area contributed by atoms with Crippen molar-refractivity contribution >= 4 is 45.3 Å². The molecular formula is C18H19ClN2O8S. The first-order valence-electron chi connectivity index (χ1n) is 8.73. The van der Waals surface area contributed by atoms with E-state index in [0.29, 0.717) is 5.75 Å². The Labute approximate surface area is 177 Å². The number of methoxy groups -OCH3 is 2. The lowest BCUT2D eigenvalue weighted by molar-refractivity contribution is -0.156. The Morgan fingerprint density at radius 2 is 2.03 bits per heavy atom. The summed E-state index contributed by atoms with van der Waals surface area (Å²) in [5.74, 6) is -2.07. The van der Waals surface area contributed by atoms with E-state index in [9.17, 15) is 27.9 Å². The number of β-lactam (4-membered cyclic amide) rings is 1. The molecule has 1 amide bonds. The summed E-state index contributed by atoms with van der Waals surface area (Å²) in [5, 5.41) is 8.33. The molecule has 1 aromatic rings. The van der Waals surface area contributed by atoms with Crippen molar-refractivity contribution in [2.45, 2.75) is 29.5 Å². The smallest absolute Gasteiger partial charge is 0.328 e. The zero-order chi connectivity index (χ0) is 22.4. The number of nitrogens with zero attached hydrogens (tertiary/aromatic N) is 2. The average molecular weight is 459 g/mol. The van der Waals surface area contributed by atoms with Crippen molar-refractivity contribution in [3.8, 4) is 11.5 Å². The summed E-state index contributed by atoms with van der Waals surface area (Å²) < 4.78 is 33.9. The van der Waals surface area contributed by atoms with Gasteiger partial charge in [0.15, 0.2) is 33.2 Å². The minimum absolute atomic E-state index is 0.00918. The zero-order valence-electron chi connectivity index (χ0n) is 16.3. The van der Waals surface area contributed by atoms with E-state index in [-0.39, 0.29) is 22.8 Å². The fraction of sp³-hybridized carbons (Fsp3) is 0.444. The van der Waals surface area contributed by atoms with E-state index in [1.807, 2.05) is 0 Å². The van der Waals surface area contributed by atoms with Gasteiger partial charge in [0.05, 0.1) is 25.7 Å². The van der Waals surface area contributed by atoms with Crippen LogP contribution in [0.25, 0.3) is 0 Å². The normalized spacial score (nSPS) is 26.9. The summed E-state index contributed by atoms with van der Waals surface area (Å²) in [6, 6.07) is 1.29. The van der Waals surface area contributed by atoms with Gasteiger partial charge in [-0.2, -0.15) is 0 Å². The number of halogens is 1. The number of sulfone groups is 1. The molecule has 1 N–H and O–H groups in total. The second-order valence-electron chi connectivity index (χ2n) is 6.98. The zero-order valence-corrected chi connectivity index (χ0v) is 17.9. The van der Waals surface area contributed by atoms with Crippen molar-refractivity contribution in [3.63, 3.8) is 0 Å². The van der Waals surface area contributed by atoms with Crippen molar-refractivity contribution < 1.29 is 37.4 Å². The molecule has 2 heterocycles. The van der Waals surface area contributed by atoms with Crippen LogP contribution >= 0.6 is 11.6 Å². The average Bonchev–Trinajstić information content (AvgIpc) is 2.82. The van der Waals surface area contributed by atoms with Crippen LogP contribution in [0.3, 0.4) is 0 Å². The summed E-state index contributed by atoms with van der Waals surface area (Å²) in [4.78, 5) is 40.8. The van der Waals surface area contributed by atoms with Gasteiger partial charge in [0.25, 0.3) is 0 Å². The van der Waals surface area contributed by atoms with Gasteiger partial charge in [0.2, 0.25) is 5.91 Å². The topological polar surface area (TPSA) is 140 Å². The molecule has 0 spiro atoms. The van der Waals surface area contributed by atoms with E-state index in [2.05, 4.69) is 4.99 Å². The van der Waals surface area contributed by atoms with Gasteiger partial charge in [-0.05, 0) is 19.1 Å². The van der Waals surface area contributed by atoms with Gasteiger partial charge in [-0.1, -0.05) is 11.6 Å². The SMILES string of the molecule is COc1ccc(C(=O)CN=C[C@@]2(C)[C@H](C(=O)O)N3C(=O)C[C@H]3S2(=O)=O)c(Cl)c1OC. The van der Waals surface area contributed by atoms with Crippen molar-refractivity contribution in [3.05, 3.63) is 22.7 Å². The number of rotatable bonds is 7. The van der Waals surface area contributed by atoms with Crippen LogP contribution < -0.4 is 9.47 Å². The number of hydrogen-bond acceptors (Lipinski definition) is 8. The van der Waals surface area contributed by atoms with Gasteiger partial charge in [-0.25, -0.2) is 13.2 Å². The van der Waals surface area contributed by atoms with Gasteiger partial charge in [-0.15, -0.1) is 0 Å². The molecule has 0 bridgehead atoms. The summed E-state index contributed by atoms with van der Waals surface area (Å²) in [6.07, 6.45) is 0.662. The van der Waals surface area contributed by atoms with E-state index >= 15 is 0 Å². The third kappa shape index (κ3) is 3.03. The van der Waals surface area contributed by atoms with Gasteiger partial charge in [-0.3, -0.25) is 14.6 Å². The van der Waals surface area contributed by atoms with E-state index in [4.69, 9.17) is 21.1 Å². The Morgan fingerprint density at radius 1 is 1.37 bits per heavy atom. The van der Waals surface area contributed by atoms with Crippen molar-refractivity contribution in [2.24, 2.45) is 4.99 Å². The van der Waals surface area contributed by atoms with Gasteiger partial charge in [0.1, 0.15) is 16.7 Å². The van der Waals surface area contributed by atoms with Crippen molar-refractivity contribution in [1.82, 2.24) is 4.90 Å². The van der Waals surface area contributed by atoms with Crippen LogP contribution in [0.15, 0.2) is 17.1 Å². The highest BCUT2D eigenvalue weighted by Crippen LogP contribution is 2.45. The number of fused-ring (bicyclic) bond motifs is 1. The fourth-order valence-electron chi connectivity index (χ4n) is 3.70. The molecule has 0 aliphatic carbocycles. The Bertz CT molecular complexity index is 1070. The van der Waals surface area contributed by atoms with Crippen LogP contribution in [-0.4, -0.2) is 79.2 Å². The van der Waals surface area contributed by atoms with Crippen molar-refractivity contribution in [2.75, 3.05) is 20.8 Å². The van der Waals surface area contributed by atoms with Crippen LogP contribution in [0.2, 0.25) is 5.02 Å². The number of Topliss-reactive ketones (excluding diaryl/α,β-unsaturated/α-hetero) is 1. The summed E-state index contributed by atoms with van der Waals surface area (Å²) >= 11 is 6.20. The van der Waals surface area contributed by atoms with Crippen molar-refractivity contribution in [1.29, 1.82) is 0 Å². The molecule has 3 rings (SSSR count). The summed E-state index contributed by atoms with van der Waals surface area (Å²) in [6.45, 7) is 0.704. The van der Waals surface area contributed by atoms with E-state index < -0.39 is 50.2 Å². The molecule has 2 aliphatic rings.